The monoisotopic (exact) mass is 608 g/mol. The fraction of sp³-hybridized carbons (Fsp3) is 0.121. The molecule has 0 bridgehead atoms. The number of halogens is 1. The molecule has 5 aromatic rings. The van der Waals surface area contributed by atoms with E-state index in [9.17, 15) is 18.8 Å². The zero-order valence-electron chi connectivity index (χ0n) is 23.8. The summed E-state index contributed by atoms with van der Waals surface area (Å²) >= 11 is 0. The second-order valence-corrected chi connectivity index (χ2v) is 9.76. The highest BCUT2D eigenvalue weighted by Crippen LogP contribution is 2.29. The summed E-state index contributed by atoms with van der Waals surface area (Å²) < 4.78 is 31.0. The molecule has 226 valence electrons. The van der Waals surface area contributed by atoms with Crippen LogP contribution in [-0.4, -0.2) is 50.6 Å². The average Bonchev–Trinajstić information content (AvgIpc) is 3.55. The van der Waals surface area contributed by atoms with E-state index in [4.69, 9.17) is 18.8 Å². The summed E-state index contributed by atoms with van der Waals surface area (Å²) in [5.41, 5.74) is 1.59. The number of urea groups is 1. The molecule has 6 rings (SSSR count). The number of carbonyl (C=O) groups is 3. The zero-order valence-corrected chi connectivity index (χ0v) is 23.8. The van der Waals surface area contributed by atoms with Crippen molar-refractivity contribution in [1.29, 1.82) is 0 Å². The topological polar surface area (TPSA) is 124 Å². The van der Waals surface area contributed by atoms with Crippen LogP contribution in [0.2, 0.25) is 0 Å². The molecule has 0 saturated carbocycles. The first kappa shape index (κ1) is 29.2. The second kappa shape index (κ2) is 12.8. The molecule has 4 amide bonds. The lowest BCUT2D eigenvalue weighted by Crippen LogP contribution is -2.63. The van der Waals surface area contributed by atoms with Crippen LogP contribution in [0.15, 0.2) is 108 Å². The third kappa shape index (κ3) is 6.26. The van der Waals surface area contributed by atoms with Gasteiger partial charge in [-0.25, -0.2) is 9.18 Å². The molecule has 2 heterocycles. The molecule has 1 aromatic heterocycles. The molecular formula is C33H25FN4O7. The quantitative estimate of drug-likeness (QED) is 0.175. The van der Waals surface area contributed by atoms with Gasteiger partial charge in [-0.15, -0.1) is 5.06 Å². The van der Waals surface area contributed by atoms with Gasteiger partial charge in [0, 0.05) is 12.1 Å². The molecule has 4 aromatic carbocycles. The van der Waals surface area contributed by atoms with Gasteiger partial charge in [0.05, 0.1) is 5.56 Å². The summed E-state index contributed by atoms with van der Waals surface area (Å²) in [6.07, 6.45) is -1.61. The van der Waals surface area contributed by atoms with E-state index in [2.05, 4.69) is 10.1 Å². The molecule has 0 radical (unpaired) electrons. The Bertz CT molecular complexity index is 1830. The van der Waals surface area contributed by atoms with E-state index < -0.39 is 29.8 Å². The number of amides is 4. The van der Waals surface area contributed by atoms with E-state index >= 15 is 0 Å². The van der Waals surface area contributed by atoms with Crippen molar-refractivity contribution in [1.82, 2.24) is 20.1 Å². The number of aromatic nitrogens is 2. The van der Waals surface area contributed by atoms with Crippen molar-refractivity contribution in [3.63, 3.8) is 0 Å². The Hall–Kier alpha value is -5.88. The summed E-state index contributed by atoms with van der Waals surface area (Å²) in [6.45, 7) is 1.59. The molecule has 1 aliphatic heterocycles. The second-order valence-electron chi connectivity index (χ2n) is 9.76. The van der Waals surface area contributed by atoms with E-state index in [1.165, 1.54) is 18.2 Å². The molecule has 11 nitrogen and oxygen atoms in total. The summed E-state index contributed by atoms with van der Waals surface area (Å²) in [5.74, 6) is -0.626. The summed E-state index contributed by atoms with van der Waals surface area (Å²) in [7, 11) is 0. The van der Waals surface area contributed by atoms with E-state index in [1.54, 1.807) is 85.8 Å². The van der Waals surface area contributed by atoms with Crippen LogP contribution in [0, 0.1) is 5.82 Å². The van der Waals surface area contributed by atoms with Gasteiger partial charge in [0.1, 0.15) is 29.7 Å². The lowest BCUT2D eigenvalue weighted by Gasteiger charge is -2.35. The molecule has 45 heavy (non-hydrogen) atoms. The molecule has 1 fully saturated rings. The van der Waals surface area contributed by atoms with Crippen LogP contribution in [0.4, 0.5) is 9.18 Å². The van der Waals surface area contributed by atoms with Crippen LogP contribution in [-0.2, 0) is 21.0 Å². The maximum atomic E-state index is 14.1. The Labute approximate surface area is 256 Å². The highest BCUT2D eigenvalue weighted by Gasteiger charge is 2.48. The fourth-order valence-corrected chi connectivity index (χ4v) is 4.49. The summed E-state index contributed by atoms with van der Waals surface area (Å²) in [4.78, 5) is 49.5. The maximum Gasteiger partial charge on any atom is 0.358 e. The van der Waals surface area contributed by atoms with Crippen molar-refractivity contribution in [2.45, 2.75) is 19.6 Å². The van der Waals surface area contributed by atoms with Gasteiger partial charge in [0.15, 0.2) is 0 Å². The minimum atomic E-state index is -1.61. The van der Waals surface area contributed by atoms with Crippen LogP contribution < -0.4 is 9.47 Å². The third-order valence-electron chi connectivity index (χ3n) is 6.79. The van der Waals surface area contributed by atoms with Gasteiger partial charge in [-0.3, -0.25) is 19.3 Å². The minimum absolute atomic E-state index is 0.0286. The maximum absolute atomic E-state index is 14.1. The highest BCUT2D eigenvalue weighted by molar-refractivity contribution is 6.17. The van der Waals surface area contributed by atoms with E-state index in [0.29, 0.717) is 22.1 Å². The number of hydrogen-bond acceptors (Lipinski definition) is 9. The average molecular weight is 609 g/mol. The van der Waals surface area contributed by atoms with Crippen molar-refractivity contribution >= 4 is 17.8 Å². The number of hydroxylamine groups is 2. The van der Waals surface area contributed by atoms with Crippen molar-refractivity contribution in [2.75, 3.05) is 6.54 Å². The highest BCUT2D eigenvalue weighted by atomic mass is 19.1. The molecule has 1 unspecified atom stereocenters. The van der Waals surface area contributed by atoms with Gasteiger partial charge in [-0.1, -0.05) is 47.6 Å². The lowest BCUT2D eigenvalue weighted by molar-refractivity contribution is -0.192. The first-order valence-electron chi connectivity index (χ1n) is 13.9. The molecular weight excluding hydrogens is 583 g/mol. The van der Waals surface area contributed by atoms with E-state index in [1.807, 2.05) is 6.07 Å². The number of likely N-dealkylation sites (N-methyl/N-ethyl adjacent to an activating group) is 1. The zero-order chi connectivity index (χ0) is 31.3. The van der Waals surface area contributed by atoms with Gasteiger partial charge in [-0.2, -0.15) is 4.98 Å². The first-order chi connectivity index (χ1) is 21.9. The van der Waals surface area contributed by atoms with Gasteiger partial charge in [-0.05, 0) is 73.2 Å². The Morgan fingerprint density at radius 2 is 1.44 bits per heavy atom. The number of hydrogen-bond donors (Lipinski definition) is 0. The summed E-state index contributed by atoms with van der Waals surface area (Å²) in [6, 6.07) is 27.4. The number of nitrogens with zero attached hydrogens (tertiary/aromatic N) is 4. The van der Waals surface area contributed by atoms with Crippen molar-refractivity contribution in [3.05, 3.63) is 115 Å². The van der Waals surface area contributed by atoms with Crippen LogP contribution in [0.3, 0.4) is 0 Å². The SMILES string of the molecule is CCN1C(=O)C(Oc2ccc(Oc3ccc(-c4nc(-c5ccccc5F)no4)cc3)cc2)C(=O)N(OCc2ccccc2)C1=O. The Morgan fingerprint density at radius 3 is 2.13 bits per heavy atom. The van der Waals surface area contributed by atoms with Gasteiger partial charge in [0.25, 0.3) is 17.9 Å². The Balaban J connectivity index is 1.10. The van der Waals surface area contributed by atoms with Crippen LogP contribution in [0.5, 0.6) is 17.2 Å². The molecule has 1 atom stereocenters. The summed E-state index contributed by atoms with van der Waals surface area (Å²) in [5, 5.41) is 4.44. The van der Waals surface area contributed by atoms with Crippen LogP contribution in [0.1, 0.15) is 12.5 Å². The number of benzene rings is 4. The molecule has 0 spiro atoms. The van der Waals surface area contributed by atoms with Crippen molar-refractivity contribution in [3.8, 4) is 40.1 Å². The lowest BCUT2D eigenvalue weighted by atomic mass is 10.2. The Kier molecular flexibility index (Phi) is 8.29. The van der Waals surface area contributed by atoms with Gasteiger partial charge in [0.2, 0.25) is 5.82 Å². The number of imide groups is 2. The van der Waals surface area contributed by atoms with Gasteiger partial charge < -0.3 is 14.0 Å². The molecule has 1 aliphatic rings. The number of ether oxygens (including phenoxy) is 2. The molecule has 0 N–H and O–H groups in total. The standard InChI is InChI=1S/C33H25FN4O7/c1-2-37-31(39)28(32(40)38(33(37)41)42-20-21-8-4-3-5-9-21)44-25-18-16-24(17-19-25)43-23-14-12-22(13-15-23)30-35-29(36-45-30)26-10-6-7-11-27(26)34/h3-19,28H,2,20H2,1H3. The van der Waals surface area contributed by atoms with Crippen molar-refractivity contribution in [2.24, 2.45) is 0 Å². The fourth-order valence-electron chi connectivity index (χ4n) is 4.49. The smallest absolute Gasteiger partial charge is 0.358 e. The van der Waals surface area contributed by atoms with Gasteiger partial charge >= 0.3 is 11.9 Å². The predicted octanol–water partition coefficient (Wildman–Crippen LogP) is 6.02. The normalized spacial score (nSPS) is 15.0. The molecule has 1 saturated heterocycles. The van der Waals surface area contributed by atoms with Crippen LogP contribution in [0.25, 0.3) is 22.8 Å². The number of rotatable bonds is 10. The first-order valence-corrected chi connectivity index (χ1v) is 13.9. The predicted molar refractivity (Wildman–Crippen MR) is 157 cm³/mol. The third-order valence-corrected chi connectivity index (χ3v) is 6.79. The van der Waals surface area contributed by atoms with Crippen molar-refractivity contribution < 1.29 is 37.6 Å². The van der Waals surface area contributed by atoms with E-state index in [0.717, 1.165) is 10.5 Å². The Morgan fingerprint density at radius 1 is 0.800 bits per heavy atom. The van der Waals surface area contributed by atoms with Crippen LogP contribution >= 0.6 is 0 Å². The molecule has 0 aliphatic carbocycles. The largest absolute Gasteiger partial charge is 0.470 e. The molecule has 12 heteroatoms. The minimum Gasteiger partial charge on any atom is -0.470 e. The number of carbonyl (C=O) groups excluding carboxylic acids is 3. The van der Waals surface area contributed by atoms with E-state index in [-0.39, 0.29) is 36.2 Å². The number of barbiturate groups is 1.